The molecule has 1 aliphatic rings. The number of likely N-dealkylation sites (N-methyl/N-ethyl adjacent to an activating group) is 1. The fourth-order valence-corrected chi connectivity index (χ4v) is 2.95. The Morgan fingerprint density at radius 2 is 2.13 bits per heavy atom. The van der Waals surface area contributed by atoms with Gasteiger partial charge >= 0.3 is 6.03 Å². The van der Waals surface area contributed by atoms with Crippen molar-refractivity contribution in [3.8, 4) is 0 Å². The predicted molar refractivity (Wildman–Crippen MR) is 90.6 cm³/mol. The highest BCUT2D eigenvalue weighted by Crippen LogP contribution is 2.37. The van der Waals surface area contributed by atoms with Gasteiger partial charge in [0.25, 0.3) is 0 Å². The molecule has 130 valence electrons. The van der Waals surface area contributed by atoms with E-state index in [9.17, 15) is 4.79 Å². The second-order valence-electron chi connectivity index (χ2n) is 7.59. The first-order valence-electron chi connectivity index (χ1n) is 8.03. The van der Waals surface area contributed by atoms with Gasteiger partial charge in [0.1, 0.15) is 0 Å². The lowest BCUT2D eigenvalue weighted by atomic mass is 9.95. The molecular formula is C16H29N5O2. The van der Waals surface area contributed by atoms with Gasteiger partial charge in [0, 0.05) is 18.8 Å². The first kappa shape index (κ1) is 17.7. The van der Waals surface area contributed by atoms with Gasteiger partial charge in [-0.05, 0) is 48.2 Å². The average Bonchev–Trinajstić information content (AvgIpc) is 2.88. The Morgan fingerprint density at radius 1 is 1.43 bits per heavy atom. The molecule has 1 aromatic rings. The molecule has 2 heterocycles. The van der Waals surface area contributed by atoms with Crippen LogP contribution in [-0.2, 0) is 11.3 Å². The molecule has 1 fully saturated rings. The minimum atomic E-state index is -0.383. The van der Waals surface area contributed by atoms with Crippen molar-refractivity contribution in [3.05, 3.63) is 12.3 Å². The minimum Gasteiger partial charge on any atom is -0.367 e. The van der Waals surface area contributed by atoms with Crippen LogP contribution in [0.3, 0.4) is 0 Å². The van der Waals surface area contributed by atoms with Crippen molar-refractivity contribution in [2.45, 2.75) is 57.9 Å². The van der Waals surface area contributed by atoms with Crippen LogP contribution in [0.2, 0.25) is 0 Å². The Labute approximate surface area is 138 Å². The Morgan fingerprint density at radius 3 is 2.70 bits per heavy atom. The molecule has 1 atom stereocenters. The van der Waals surface area contributed by atoms with Crippen molar-refractivity contribution in [2.24, 2.45) is 0 Å². The topological polar surface area (TPSA) is 71.4 Å². The highest BCUT2D eigenvalue weighted by atomic mass is 16.5. The molecule has 1 aliphatic heterocycles. The first-order valence-corrected chi connectivity index (χ1v) is 8.03. The summed E-state index contributed by atoms with van der Waals surface area (Å²) >= 11 is 0. The summed E-state index contributed by atoms with van der Waals surface area (Å²) in [6, 6.07) is 1.52. The zero-order valence-electron chi connectivity index (χ0n) is 15.0. The predicted octanol–water partition coefficient (Wildman–Crippen LogP) is 1.91. The fraction of sp³-hybridized carbons (Fsp3) is 0.750. The van der Waals surface area contributed by atoms with Crippen molar-refractivity contribution < 1.29 is 9.53 Å². The molecule has 1 unspecified atom stereocenters. The van der Waals surface area contributed by atoms with Gasteiger partial charge in [-0.15, -0.1) is 0 Å². The van der Waals surface area contributed by atoms with Crippen molar-refractivity contribution in [3.63, 3.8) is 0 Å². The number of nitrogens with one attached hydrogen (secondary N) is 2. The maximum absolute atomic E-state index is 12.2. The van der Waals surface area contributed by atoms with Crippen molar-refractivity contribution in [1.29, 1.82) is 0 Å². The number of nitrogens with zero attached hydrogens (tertiary/aromatic N) is 3. The number of ether oxygens (including phenoxy) is 1. The number of carbonyl (C=O) groups is 1. The summed E-state index contributed by atoms with van der Waals surface area (Å²) in [5.74, 6) is 0.553. The molecule has 7 heteroatoms. The molecule has 7 nitrogen and oxygen atoms in total. The number of urea groups is 1. The summed E-state index contributed by atoms with van der Waals surface area (Å²) in [5.41, 5.74) is -0.610. The number of hydrogen-bond donors (Lipinski definition) is 2. The second kappa shape index (κ2) is 6.49. The molecular weight excluding hydrogens is 294 g/mol. The van der Waals surface area contributed by atoms with Crippen molar-refractivity contribution in [1.82, 2.24) is 20.0 Å². The number of amides is 2. The lowest BCUT2D eigenvalue weighted by molar-refractivity contribution is -0.0689. The normalized spacial score (nSPS) is 22.3. The Bertz CT molecular complexity index is 550. The highest BCUT2D eigenvalue weighted by Gasteiger charge is 2.46. The van der Waals surface area contributed by atoms with Crippen LogP contribution < -0.4 is 10.6 Å². The van der Waals surface area contributed by atoms with Crippen molar-refractivity contribution >= 4 is 11.8 Å². The smallest absolute Gasteiger partial charge is 0.320 e. The van der Waals surface area contributed by atoms with Crippen LogP contribution in [0.25, 0.3) is 0 Å². The molecule has 2 amide bonds. The molecule has 0 spiro atoms. The van der Waals surface area contributed by atoms with Crippen LogP contribution in [-0.4, -0.2) is 58.6 Å². The van der Waals surface area contributed by atoms with E-state index >= 15 is 0 Å². The van der Waals surface area contributed by atoms with E-state index in [-0.39, 0.29) is 23.3 Å². The maximum atomic E-state index is 12.2. The molecule has 0 bridgehead atoms. The summed E-state index contributed by atoms with van der Waals surface area (Å²) < 4.78 is 7.81. The number of aromatic nitrogens is 2. The van der Waals surface area contributed by atoms with Crippen LogP contribution >= 0.6 is 0 Å². The fourth-order valence-electron chi connectivity index (χ4n) is 2.95. The van der Waals surface area contributed by atoms with E-state index in [1.807, 2.05) is 52.7 Å². The number of hydrogen-bond acceptors (Lipinski definition) is 4. The lowest BCUT2D eigenvalue weighted by Crippen LogP contribution is -2.47. The van der Waals surface area contributed by atoms with Gasteiger partial charge in [-0.1, -0.05) is 0 Å². The summed E-state index contributed by atoms with van der Waals surface area (Å²) in [5, 5.41) is 10.1. The van der Waals surface area contributed by atoms with E-state index in [0.717, 1.165) is 19.5 Å². The zero-order valence-corrected chi connectivity index (χ0v) is 15.0. The third kappa shape index (κ3) is 4.94. The van der Waals surface area contributed by atoms with E-state index in [2.05, 4.69) is 20.6 Å². The largest absolute Gasteiger partial charge is 0.367 e. The second-order valence-corrected chi connectivity index (χ2v) is 7.59. The van der Waals surface area contributed by atoms with Crippen LogP contribution in [0.5, 0.6) is 0 Å². The molecule has 1 saturated heterocycles. The number of anilines is 1. The first-order chi connectivity index (χ1) is 10.6. The monoisotopic (exact) mass is 323 g/mol. The quantitative estimate of drug-likeness (QED) is 0.868. The van der Waals surface area contributed by atoms with Gasteiger partial charge in [0.05, 0.1) is 23.8 Å². The van der Waals surface area contributed by atoms with E-state index in [1.165, 1.54) is 0 Å². The molecule has 0 saturated carbocycles. The molecule has 0 radical (unpaired) electrons. The van der Waals surface area contributed by atoms with Gasteiger partial charge in [-0.2, -0.15) is 5.10 Å². The third-order valence-electron chi connectivity index (χ3n) is 4.04. The van der Waals surface area contributed by atoms with E-state index in [0.29, 0.717) is 5.82 Å². The molecule has 2 rings (SSSR count). The van der Waals surface area contributed by atoms with Gasteiger partial charge in [0.2, 0.25) is 0 Å². The average molecular weight is 323 g/mol. The Kier molecular flexibility index (Phi) is 5.01. The summed E-state index contributed by atoms with van der Waals surface area (Å²) in [4.78, 5) is 14.3. The van der Waals surface area contributed by atoms with Crippen molar-refractivity contribution in [2.75, 3.05) is 26.0 Å². The van der Waals surface area contributed by atoms with Gasteiger partial charge < -0.3 is 15.0 Å². The Balaban J connectivity index is 1.88. The molecule has 23 heavy (non-hydrogen) atoms. The minimum absolute atomic E-state index is 0.0340. The van der Waals surface area contributed by atoms with Gasteiger partial charge in [0.15, 0.2) is 5.82 Å². The van der Waals surface area contributed by atoms with Gasteiger partial charge in [-0.3, -0.25) is 10.00 Å². The number of carbonyl (C=O) groups excluding carboxylic acids is 1. The summed E-state index contributed by atoms with van der Waals surface area (Å²) in [7, 11) is 4.03. The SMILES string of the molecule is CN(C)CCn1ccc(NC(=O)NC2CC(C)(C)OC2(C)C)n1. The Hall–Kier alpha value is -1.60. The highest BCUT2D eigenvalue weighted by molar-refractivity contribution is 5.88. The molecule has 0 aliphatic carbocycles. The molecule has 0 aromatic carbocycles. The van der Waals surface area contributed by atoms with Gasteiger partial charge in [-0.25, -0.2) is 4.79 Å². The standard InChI is InChI=1S/C16H29N5O2/c1-15(2)11-12(16(3,4)23-15)17-14(22)18-13-7-8-21(19-13)10-9-20(5)6/h7-8,12H,9-11H2,1-6H3,(H2,17,18,19,22). The van der Waals surface area contributed by atoms with Crippen LogP contribution in [0.1, 0.15) is 34.1 Å². The molecule has 1 aromatic heterocycles. The third-order valence-corrected chi connectivity index (χ3v) is 4.04. The van der Waals surface area contributed by atoms with Crippen LogP contribution in [0.15, 0.2) is 12.3 Å². The van der Waals surface area contributed by atoms with Crippen LogP contribution in [0.4, 0.5) is 10.6 Å². The van der Waals surface area contributed by atoms with E-state index in [1.54, 1.807) is 6.07 Å². The molecule has 2 N–H and O–H groups in total. The number of rotatable bonds is 5. The van der Waals surface area contributed by atoms with Crippen LogP contribution in [0, 0.1) is 0 Å². The lowest BCUT2D eigenvalue weighted by Gasteiger charge is -2.27. The van der Waals surface area contributed by atoms with E-state index in [4.69, 9.17) is 4.74 Å². The summed E-state index contributed by atoms with van der Waals surface area (Å²) in [6.45, 7) is 9.77. The summed E-state index contributed by atoms with van der Waals surface area (Å²) in [6.07, 6.45) is 2.65. The zero-order chi connectivity index (χ0) is 17.3. The van der Waals surface area contributed by atoms with E-state index < -0.39 is 0 Å². The maximum Gasteiger partial charge on any atom is 0.320 e.